The Balaban J connectivity index is 1.46. The summed E-state index contributed by atoms with van der Waals surface area (Å²) >= 11 is 3.67. The van der Waals surface area contributed by atoms with Crippen LogP contribution in [-0.2, 0) is 33.6 Å². The number of aromatic nitrogens is 2. The van der Waals surface area contributed by atoms with Crippen molar-refractivity contribution in [3.05, 3.63) is 52.7 Å². The minimum absolute atomic E-state index is 0.0821. The van der Waals surface area contributed by atoms with E-state index in [2.05, 4.69) is 20.8 Å². The Morgan fingerprint density at radius 2 is 1.96 bits per heavy atom. The van der Waals surface area contributed by atoms with Gasteiger partial charge in [-0.3, -0.25) is 33.7 Å². The summed E-state index contributed by atoms with van der Waals surface area (Å²) in [5.41, 5.74) is -0.139. The monoisotopic (exact) mass is 674 g/mol. The predicted molar refractivity (Wildman–Crippen MR) is 160 cm³/mol. The number of carboxylic acids is 1. The van der Waals surface area contributed by atoms with Gasteiger partial charge in [0.25, 0.3) is 11.8 Å². The fourth-order valence-electron chi connectivity index (χ4n) is 5.25. The summed E-state index contributed by atoms with van der Waals surface area (Å²) < 4.78 is 0.613. The SMILES string of the molecule is CCN1CCN(N(C=O)C(C(=O)N[C@]2(NC=O)C(=O)N3C(C(=O)O)=C(CSc4nncs4)CS[C@H]32)c2ccccc2)C(=O)C1=O. The van der Waals surface area contributed by atoms with Crippen molar-refractivity contribution in [3.8, 4) is 0 Å². The van der Waals surface area contributed by atoms with E-state index in [1.165, 1.54) is 45.6 Å². The van der Waals surface area contributed by atoms with Crippen molar-refractivity contribution in [3.63, 3.8) is 0 Å². The van der Waals surface area contributed by atoms with Crippen LogP contribution in [0.4, 0.5) is 0 Å². The second-order valence-corrected chi connectivity index (χ2v) is 12.9. The molecule has 236 valence electrons. The number of carbonyl (C=O) groups is 7. The number of piperazine rings is 1. The Morgan fingerprint density at radius 3 is 2.58 bits per heavy atom. The number of benzene rings is 1. The summed E-state index contributed by atoms with van der Waals surface area (Å²) in [6.07, 6.45) is 0.448. The molecule has 0 spiro atoms. The molecule has 16 nitrogen and oxygen atoms in total. The molecule has 3 N–H and O–H groups in total. The molecule has 2 aromatic rings. The summed E-state index contributed by atoms with van der Waals surface area (Å²) in [5, 5.41) is 23.3. The number of hydrazine groups is 1. The Labute approximate surface area is 268 Å². The number of thioether (sulfide) groups is 2. The molecule has 6 amide bonds. The van der Waals surface area contributed by atoms with Gasteiger partial charge in [0.1, 0.15) is 16.6 Å². The number of nitrogens with one attached hydrogen (secondary N) is 2. The van der Waals surface area contributed by atoms with Crippen LogP contribution in [0.5, 0.6) is 0 Å². The van der Waals surface area contributed by atoms with Crippen LogP contribution in [0.2, 0.25) is 0 Å². The summed E-state index contributed by atoms with van der Waals surface area (Å²) in [6.45, 7) is 2.00. The van der Waals surface area contributed by atoms with Crippen molar-refractivity contribution in [2.75, 3.05) is 31.1 Å². The van der Waals surface area contributed by atoms with Gasteiger partial charge in [-0.1, -0.05) is 53.4 Å². The van der Waals surface area contributed by atoms with E-state index in [1.54, 1.807) is 25.1 Å². The second kappa shape index (κ2) is 13.2. The Hall–Kier alpha value is -4.49. The number of aliphatic carboxylic acids is 1. The standard InChI is InChI=1S/C26H26N8O8S3/c1-2-31-8-9-32(21(39)20(31)38)33(14-36)17(15-6-4-3-5-7-15)19(37)29-26(27-12-35)23(42)34-18(22(40)41)16(10-43-24(26)34)11-44-25-30-28-13-45-25/h3-7,12-14,17,24H,2,8-11H2,1H3,(H,27,35)(H,29,37)(H,40,41)/t17?,24-,26+/m0/s1. The third-order valence-electron chi connectivity index (χ3n) is 7.35. The fourth-order valence-corrected chi connectivity index (χ4v) is 8.30. The zero-order valence-electron chi connectivity index (χ0n) is 23.5. The number of nitrogens with zero attached hydrogens (tertiary/aromatic N) is 6. The average molecular weight is 675 g/mol. The molecular weight excluding hydrogens is 649 g/mol. The molecule has 1 unspecified atom stereocenters. The molecule has 5 rings (SSSR count). The number of amides is 6. The molecule has 0 saturated carbocycles. The highest BCUT2D eigenvalue weighted by Crippen LogP contribution is 2.46. The lowest BCUT2D eigenvalue weighted by Gasteiger charge is -2.56. The number of hydrogen-bond donors (Lipinski definition) is 3. The summed E-state index contributed by atoms with van der Waals surface area (Å²) in [6, 6.07) is 6.35. The molecule has 0 aliphatic carbocycles. The van der Waals surface area contributed by atoms with E-state index in [0.29, 0.717) is 9.91 Å². The van der Waals surface area contributed by atoms with Gasteiger partial charge < -0.3 is 20.6 Å². The Kier molecular flexibility index (Phi) is 9.40. The molecule has 2 saturated heterocycles. The average Bonchev–Trinajstić information content (AvgIpc) is 3.57. The molecule has 2 fully saturated rings. The maximum Gasteiger partial charge on any atom is 0.352 e. The maximum absolute atomic E-state index is 14.1. The van der Waals surface area contributed by atoms with Gasteiger partial charge in [-0.25, -0.2) is 14.8 Å². The topological polar surface area (TPSA) is 203 Å². The van der Waals surface area contributed by atoms with E-state index >= 15 is 0 Å². The molecule has 0 bridgehead atoms. The highest BCUT2D eigenvalue weighted by Gasteiger charge is 2.66. The van der Waals surface area contributed by atoms with Gasteiger partial charge in [0.15, 0.2) is 10.4 Å². The van der Waals surface area contributed by atoms with Crippen LogP contribution < -0.4 is 10.6 Å². The molecule has 1 aromatic heterocycles. The highest BCUT2D eigenvalue weighted by molar-refractivity contribution is 8.01. The van der Waals surface area contributed by atoms with Crippen LogP contribution in [0.25, 0.3) is 0 Å². The number of rotatable bonds is 13. The van der Waals surface area contributed by atoms with Crippen LogP contribution >= 0.6 is 34.9 Å². The van der Waals surface area contributed by atoms with Gasteiger partial charge in [-0.15, -0.1) is 22.0 Å². The zero-order valence-corrected chi connectivity index (χ0v) is 26.0. The number of hydrogen-bond acceptors (Lipinski definition) is 12. The van der Waals surface area contributed by atoms with Crippen molar-refractivity contribution in [2.24, 2.45) is 0 Å². The lowest BCUT2D eigenvalue weighted by atomic mass is 9.94. The van der Waals surface area contributed by atoms with Crippen molar-refractivity contribution < 1.29 is 38.7 Å². The molecule has 45 heavy (non-hydrogen) atoms. The second-order valence-electron chi connectivity index (χ2n) is 9.76. The number of likely N-dealkylation sites (N-methyl/N-ethyl adjacent to an activating group) is 1. The lowest BCUT2D eigenvalue weighted by Crippen LogP contribution is -2.85. The molecule has 3 aliphatic rings. The normalized spacial score (nSPS) is 21.9. The van der Waals surface area contributed by atoms with Gasteiger partial charge >= 0.3 is 17.8 Å². The first-order chi connectivity index (χ1) is 21.7. The quantitative estimate of drug-likeness (QED) is 0.0790. The first-order valence-corrected chi connectivity index (χ1v) is 16.3. The number of β-lactam (4-membered cyclic amide) rings is 1. The van der Waals surface area contributed by atoms with Gasteiger partial charge in [-0.2, -0.15) is 0 Å². The lowest BCUT2D eigenvalue weighted by molar-refractivity contribution is -0.178. The van der Waals surface area contributed by atoms with Crippen LogP contribution in [0.3, 0.4) is 0 Å². The third-order valence-corrected chi connectivity index (χ3v) is 10.7. The fraction of sp³-hybridized carbons (Fsp3) is 0.346. The van der Waals surface area contributed by atoms with Gasteiger partial charge in [-0.05, 0) is 18.1 Å². The molecule has 19 heteroatoms. The number of fused-ring (bicyclic) bond motifs is 1. The van der Waals surface area contributed by atoms with Gasteiger partial charge in [0.2, 0.25) is 18.5 Å². The van der Waals surface area contributed by atoms with Gasteiger partial charge in [0.05, 0.1) is 6.54 Å². The molecule has 3 atom stereocenters. The van der Waals surface area contributed by atoms with Crippen molar-refractivity contribution >= 4 is 77.3 Å². The molecular formula is C26H26N8O8S3. The third kappa shape index (κ3) is 5.73. The summed E-state index contributed by atoms with van der Waals surface area (Å²) in [5.74, 6) is -4.75. The first kappa shape index (κ1) is 31.9. The van der Waals surface area contributed by atoms with Crippen molar-refractivity contribution in [2.45, 2.75) is 28.3 Å². The van der Waals surface area contributed by atoms with Crippen LogP contribution in [0, 0.1) is 0 Å². The van der Waals surface area contributed by atoms with Crippen molar-refractivity contribution in [1.29, 1.82) is 0 Å². The first-order valence-electron chi connectivity index (χ1n) is 13.4. The Bertz CT molecular complexity index is 1560. The van der Waals surface area contributed by atoms with Crippen LogP contribution in [0.15, 0.2) is 51.5 Å². The molecule has 1 aromatic carbocycles. The molecule has 4 heterocycles. The zero-order chi connectivity index (χ0) is 32.3. The smallest absolute Gasteiger partial charge is 0.352 e. The van der Waals surface area contributed by atoms with E-state index in [0.717, 1.165) is 26.7 Å². The van der Waals surface area contributed by atoms with E-state index in [9.17, 15) is 38.7 Å². The molecule has 0 radical (unpaired) electrons. The van der Waals surface area contributed by atoms with E-state index < -0.39 is 46.7 Å². The highest BCUT2D eigenvalue weighted by atomic mass is 32.2. The minimum Gasteiger partial charge on any atom is -0.477 e. The Morgan fingerprint density at radius 1 is 1.20 bits per heavy atom. The van der Waals surface area contributed by atoms with E-state index in [4.69, 9.17) is 0 Å². The predicted octanol–water partition coefficient (Wildman–Crippen LogP) is -0.752. The van der Waals surface area contributed by atoms with E-state index in [1.807, 2.05) is 0 Å². The maximum atomic E-state index is 14.1. The minimum atomic E-state index is -2.08. The summed E-state index contributed by atoms with van der Waals surface area (Å²) in [4.78, 5) is 92.5. The molecule has 3 aliphatic heterocycles. The number of carbonyl (C=O) groups excluding carboxylic acids is 6. The van der Waals surface area contributed by atoms with Gasteiger partial charge in [0, 0.05) is 24.6 Å². The van der Waals surface area contributed by atoms with Crippen LogP contribution in [-0.4, -0.2) is 120 Å². The summed E-state index contributed by atoms with van der Waals surface area (Å²) in [7, 11) is 0. The van der Waals surface area contributed by atoms with Crippen molar-refractivity contribution in [1.82, 2.24) is 40.6 Å². The number of carboxylic acid groups (broad SMARTS) is 1. The van der Waals surface area contributed by atoms with E-state index in [-0.39, 0.29) is 55.2 Å². The van der Waals surface area contributed by atoms with Crippen LogP contribution in [0.1, 0.15) is 18.5 Å². The largest absolute Gasteiger partial charge is 0.477 e.